The molecule has 0 unspecified atom stereocenters. The van der Waals surface area contributed by atoms with Crippen molar-refractivity contribution in [2.24, 2.45) is 11.8 Å². The fraction of sp³-hybridized carbons (Fsp3) is 0.462. The minimum atomic E-state index is -4.12. The second-order valence-electron chi connectivity index (χ2n) is 9.62. The number of methoxy groups -OCH3 is 1. The Morgan fingerprint density at radius 2 is 1.79 bits per heavy atom. The number of halogens is 4. The molecule has 0 bridgehead atoms. The van der Waals surface area contributed by atoms with Gasteiger partial charge in [0.1, 0.15) is 0 Å². The first-order chi connectivity index (χ1) is 17.7. The normalized spacial score (nSPS) is 23.6. The highest BCUT2D eigenvalue weighted by Crippen LogP contribution is 2.46. The summed E-state index contributed by atoms with van der Waals surface area (Å²) in [5.74, 6) is -7.26. The van der Waals surface area contributed by atoms with Gasteiger partial charge in [-0.3, -0.25) is 9.59 Å². The quantitative estimate of drug-likeness (QED) is 0.327. The summed E-state index contributed by atoms with van der Waals surface area (Å²) in [7, 11) is -2.90. The third-order valence-corrected chi connectivity index (χ3v) is 9.85. The number of benzene rings is 2. The lowest BCUT2D eigenvalue weighted by Gasteiger charge is -2.47. The summed E-state index contributed by atoms with van der Waals surface area (Å²) in [6.45, 7) is 3.57. The van der Waals surface area contributed by atoms with Gasteiger partial charge in [-0.25, -0.2) is 21.6 Å². The van der Waals surface area contributed by atoms with Crippen molar-refractivity contribution in [2.75, 3.05) is 12.4 Å². The number of sulfone groups is 1. The third kappa shape index (κ3) is 6.00. The summed E-state index contributed by atoms with van der Waals surface area (Å²) >= 11 is 6.24. The molecule has 1 amide bonds. The Bertz CT molecular complexity index is 1320. The molecule has 1 aliphatic rings. The van der Waals surface area contributed by atoms with E-state index >= 15 is 0 Å². The van der Waals surface area contributed by atoms with Crippen LogP contribution in [-0.4, -0.2) is 43.4 Å². The highest BCUT2D eigenvalue weighted by atomic mass is 35.5. The summed E-state index contributed by atoms with van der Waals surface area (Å²) in [6.07, 6.45) is 0.967. The van der Waals surface area contributed by atoms with Gasteiger partial charge in [0.25, 0.3) is 5.91 Å². The molecule has 2 N–H and O–H groups in total. The highest BCUT2D eigenvalue weighted by molar-refractivity contribution is 7.92. The van der Waals surface area contributed by atoms with E-state index in [4.69, 9.17) is 16.3 Å². The van der Waals surface area contributed by atoms with Gasteiger partial charge in [-0.15, -0.1) is 0 Å². The number of hydrogen-bond acceptors (Lipinski definition) is 6. The molecule has 4 atom stereocenters. The lowest BCUT2D eigenvalue weighted by Crippen LogP contribution is -2.53. The van der Waals surface area contributed by atoms with Crippen LogP contribution in [0.3, 0.4) is 0 Å². The highest BCUT2D eigenvalue weighted by Gasteiger charge is 2.51. The van der Waals surface area contributed by atoms with Gasteiger partial charge >= 0.3 is 5.97 Å². The molecule has 1 saturated carbocycles. The van der Waals surface area contributed by atoms with Crippen LogP contribution in [0.2, 0.25) is 5.02 Å². The molecular weight excluding hydrogens is 547 g/mol. The van der Waals surface area contributed by atoms with Crippen molar-refractivity contribution in [3.8, 4) is 0 Å². The summed E-state index contributed by atoms with van der Waals surface area (Å²) < 4.78 is 72.5. The summed E-state index contributed by atoms with van der Waals surface area (Å²) in [5, 5.41) is 12.5. The van der Waals surface area contributed by atoms with Crippen LogP contribution in [-0.2, 0) is 19.4 Å². The molecule has 0 aliphatic heterocycles. The van der Waals surface area contributed by atoms with E-state index in [0.717, 1.165) is 6.07 Å². The van der Waals surface area contributed by atoms with Gasteiger partial charge in [0, 0.05) is 23.4 Å². The lowest BCUT2D eigenvalue weighted by atomic mass is 9.66. The van der Waals surface area contributed by atoms with E-state index in [9.17, 15) is 36.3 Å². The average Bonchev–Trinajstić information content (AvgIpc) is 2.85. The predicted molar refractivity (Wildman–Crippen MR) is 135 cm³/mol. The van der Waals surface area contributed by atoms with Gasteiger partial charge in [0.15, 0.2) is 27.3 Å². The van der Waals surface area contributed by atoms with Crippen molar-refractivity contribution in [3.05, 3.63) is 58.4 Å². The standard InChI is InChI=1S/C26H29ClF3NO6S/c1-4-5-16-10-18(8-14(2)26(16,34)13-23(32)37-3)38(35,36)22-9-15(6-7-19(22)27)25(33)31-17-11-20(28)24(30)21(29)12-17/h6-7,9,11-12,14,16,18,34H,4-5,8,10,13H2,1-3H3,(H,31,33)/t14-,16+,18-,26-/m1/s1. The average molecular weight is 576 g/mol. The first kappa shape index (κ1) is 29.9. The van der Waals surface area contributed by atoms with Crippen molar-refractivity contribution in [3.63, 3.8) is 0 Å². The van der Waals surface area contributed by atoms with Crippen molar-refractivity contribution in [1.82, 2.24) is 0 Å². The predicted octanol–water partition coefficient (Wildman–Crippen LogP) is 5.29. The van der Waals surface area contributed by atoms with E-state index in [0.29, 0.717) is 25.0 Å². The Kier molecular flexibility index (Phi) is 9.16. The van der Waals surface area contributed by atoms with E-state index in [1.807, 2.05) is 6.92 Å². The van der Waals surface area contributed by atoms with Crippen LogP contribution in [0, 0.1) is 29.3 Å². The van der Waals surface area contributed by atoms with Gasteiger partial charge in [-0.05, 0) is 49.3 Å². The van der Waals surface area contributed by atoms with E-state index in [1.165, 1.54) is 19.2 Å². The maximum absolute atomic E-state index is 13.7. The van der Waals surface area contributed by atoms with Gasteiger partial charge in [0.05, 0.1) is 34.3 Å². The lowest BCUT2D eigenvalue weighted by molar-refractivity contribution is -0.156. The second kappa shape index (κ2) is 11.6. The van der Waals surface area contributed by atoms with Gasteiger partial charge in [0.2, 0.25) is 0 Å². The van der Waals surface area contributed by atoms with Crippen LogP contribution in [0.1, 0.15) is 56.3 Å². The van der Waals surface area contributed by atoms with E-state index in [-0.39, 0.29) is 40.4 Å². The summed E-state index contributed by atoms with van der Waals surface area (Å²) in [4.78, 5) is 24.4. The van der Waals surface area contributed by atoms with Crippen LogP contribution < -0.4 is 5.32 Å². The fourth-order valence-corrected chi connectivity index (χ4v) is 7.54. The van der Waals surface area contributed by atoms with Crippen LogP contribution in [0.25, 0.3) is 0 Å². The van der Waals surface area contributed by atoms with Gasteiger partial charge in [-0.2, -0.15) is 0 Å². The Hall–Kier alpha value is -2.63. The number of carbonyl (C=O) groups is 2. The van der Waals surface area contributed by atoms with E-state index < -0.39 is 61.9 Å². The van der Waals surface area contributed by atoms with E-state index in [2.05, 4.69) is 5.32 Å². The number of ether oxygens (including phenoxy) is 1. The Balaban J connectivity index is 1.91. The molecule has 2 aromatic rings. The molecule has 0 spiro atoms. The first-order valence-corrected chi connectivity index (χ1v) is 14.0. The second-order valence-corrected chi connectivity index (χ2v) is 12.2. The van der Waals surface area contributed by atoms with E-state index in [1.54, 1.807) is 6.92 Å². The number of esters is 1. The number of anilines is 1. The van der Waals surface area contributed by atoms with Gasteiger partial charge in [-0.1, -0.05) is 31.9 Å². The molecule has 12 heteroatoms. The summed E-state index contributed by atoms with van der Waals surface area (Å²) in [6, 6.07) is 4.72. The fourth-order valence-electron chi connectivity index (χ4n) is 5.08. The Morgan fingerprint density at radius 1 is 1.16 bits per heavy atom. The number of carbonyl (C=O) groups excluding carboxylic acids is 2. The molecule has 0 saturated heterocycles. The minimum Gasteiger partial charge on any atom is -0.469 e. The van der Waals surface area contributed by atoms with Crippen molar-refractivity contribution in [1.29, 1.82) is 0 Å². The number of amides is 1. The number of aliphatic hydroxyl groups is 1. The van der Waals surface area contributed by atoms with Crippen LogP contribution in [0.5, 0.6) is 0 Å². The van der Waals surface area contributed by atoms with Crippen molar-refractivity contribution in [2.45, 2.75) is 61.7 Å². The maximum atomic E-state index is 13.7. The molecule has 0 aromatic heterocycles. The number of rotatable bonds is 8. The van der Waals surface area contributed by atoms with Crippen LogP contribution in [0.4, 0.5) is 18.9 Å². The molecule has 38 heavy (non-hydrogen) atoms. The SMILES string of the molecule is CCC[C@H]1C[C@H](S(=O)(=O)c2cc(C(=O)Nc3cc(F)c(F)c(F)c3)ccc2Cl)C[C@@H](C)[C@]1(O)CC(=O)OC. The van der Waals surface area contributed by atoms with Gasteiger partial charge < -0.3 is 15.2 Å². The minimum absolute atomic E-state index is 0.0386. The molecule has 0 radical (unpaired) electrons. The smallest absolute Gasteiger partial charge is 0.308 e. The Morgan fingerprint density at radius 3 is 2.37 bits per heavy atom. The zero-order chi connectivity index (χ0) is 28.4. The number of hydrogen-bond donors (Lipinski definition) is 2. The largest absolute Gasteiger partial charge is 0.469 e. The molecule has 2 aromatic carbocycles. The van der Waals surface area contributed by atoms with Crippen molar-refractivity contribution < 1.29 is 41.0 Å². The zero-order valence-electron chi connectivity index (χ0n) is 21.1. The molecule has 1 fully saturated rings. The molecule has 0 heterocycles. The summed E-state index contributed by atoms with van der Waals surface area (Å²) in [5.41, 5.74) is -1.96. The topological polar surface area (TPSA) is 110 Å². The Labute approximate surface area is 224 Å². The first-order valence-electron chi connectivity index (χ1n) is 12.0. The molecular formula is C26H29ClF3NO6S. The monoisotopic (exact) mass is 575 g/mol. The zero-order valence-corrected chi connectivity index (χ0v) is 22.6. The maximum Gasteiger partial charge on any atom is 0.308 e. The van der Waals surface area contributed by atoms with Crippen molar-refractivity contribution >= 4 is 39.0 Å². The molecule has 1 aliphatic carbocycles. The van der Waals surface area contributed by atoms with Crippen LogP contribution >= 0.6 is 11.6 Å². The third-order valence-electron chi connectivity index (χ3n) is 7.20. The van der Waals surface area contributed by atoms with Crippen LogP contribution in [0.15, 0.2) is 35.2 Å². The molecule has 3 rings (SSSR count). The molecule has 208 valence electrons. The molecule has 7 nitrogen and oxygen atoms in total. The number of nitrogens with one attached hydrogen (secondary N) is 1.